The minimum atomic E-state index is -4.80. The van der Waals surface area contributed by atoms with Crippen molar-refractivity contribution < 1.29 is 17.9 Å². The monoisotopic (exact) mass is 237 g/mol. The van der Waals surface area contributed by atoms with Gasteiger partial charge in [0.15, 0.2) is 0 Å². The molecule has 0 saturated carbocycles. The molecule has 0 heterocycles. The van der Waals surface area contributed by atoms with E-state index in [1.165, 1.54) is 0 Å². The average Bonchev–Trinajstić information content (AvgIpc) is 2.08. The van der Waals surface area contributed by atoms with Gasteiger partial charge in [-0.15, -0.1) is 13.2 Å². The zero-order chi connectivity index (χ0) is 11.5. The molecule has 8 heteroatoms. The molecule has 0 aromatic heterocycles. The van der Waals surface area contributed by atoms with Crippen LogP contribution in [-0.4, -0.2) is 6.36 Å². The van der Waals surface area contributed by atoms with E-state index >= 15 is 0 Å². The standard InChI is InChI=1S/C7H3ClF3N3O/c8-5-3-4(13-14-12)1-2-6(5)15-7(9,10)11/h1-3H. The third-order valence-electron chi connectivity index (χ3n) is 1.30. The van der Waals surface area contributed by atoms with Crippen molar-refractivity contribution in [3.8, 4) is 5.75 Å². The van der Waals surface area contributed by atoms with E-state index in [1.807, 2.05) is 0 Å². The van der Waals surface area contributed by atoms with Crippen LogP contribution >= 0.6 is 11.6 Å². The van der Waals surface area contributed by atoms with Gasteiger partial charge in [0.1, 0.15) is 5.75 Å². The van der Waals surface area contributed by atoms with Crippen molar-refractivity contribution in [2.75, 3.05) is 0 Å². The maximum Gasteiger partial charge on any atom is 0.573 e. The van der Waals surface area contributed by atoms with E-state index in [0.717, 1.165) is 18.2 Å². The molecule has 0 amide bonds. The molecule has 0 bridgehead atoms. The molecule has 0 aliphatic heterocycles. The van der Waals surface area contributed by atoms with Crippen LogP contribution in [0.2, 0.25) is 5.02 Å². The van der Waals surface area contributed by atoms with Crippen LogP contribution in [0.4, 0.5) is 18.9 Å². The number of hydrogen-bond donors (Lipinski definition) is 0. The fourth-order valence-corrected chi connectivity index (χ4v) is 1.02. The van der Waals surface area contributed by atoms with Crippen molar-refractivity contribution in [1.82, 2.24) is 0 Å². The topological polar surface area (TPSA) is 58.0 Å². The molecule has 0 unspecified atom stereocenters. The van der Waals surface area contributed by atoms with Crippen molar-refractivity contribution in [1.29, 1.82) is 0 Å². The van der Waals surface area contributed by atoms with Crippen LogP contribution in [0.3, 0.4) is 0 Å². The summed E-state index contributed by atoms with van der Waals surface area (Å²) in [5.74, 6) is -0.541. The normalized spacial score (nSPS) is 10.7. The molecule has 0 fully saturated rings. The molecule has 4 nitrogen and oxygen atoms in total. The molecule has 15 heavy (non-hydrogen) atoms. The largest absolute Gasteiger partial charge is 0.573 e. The van der Waals surface area contributed by atoms with Gasteiger partial charge in [-0.2, -0.15) is 0 Å². The minimum Gasteiger partial charge on any atom is -0.404 e. The highest BCUT2D eigenvalue weighted by atomic mass is 35.5. The van der Waals surface area contributed by atoms with Gasteiger partial charge < -0.3 is 4.74 Å². The highest BCUT2D eigenvalue weighted by Crippen LogP contribution is 2.32. The summed E-state index contributed by atoms with van der Waals surface area (Å²) in [4.78, 5) is 2.45. The molecule has 0 aliphatic carbocycles. The summed E-state index contributed by atoms with van der Waals surface area (Å²) in [7, 11) is 0. The fourth-order valence-electron chi connectivity index (χ4n) is 0.811. The summed E-state index contributed by atoms with van der Waals surface area (Å²) in [6.07, 6.45) is -4.80. The maximum absolute atomic E-state index is 11.8. The first kappa shape index (κ1) is 11.5. The van der Waals surface area contributed by atoms with E-state index in [-0.39, 0.29) is 10.7 Å². The third kappa shape index (κ3) is 3.57. The highest BCUT2D eigenvalue weighted by Gasteiger charge is 2.31. The summed E-state index contributed by atoms with van der Waals surface area (Å²) in [6.45, 7) is 0. The molecular weight excluding hydrogens is 235 g/mol. The predicted molar refractivity (Wildman–Crippen MR) is 46.9 cm³/mol. The fraction of sp³-hybridized carbons (Fsp3) is 0.143. The van der Waals surface area contributed by atoms with Crippen LogP contribution in [0.5, 0.6) is 5.75 Å². The first-order valence-electron chi connectivity index (χ1n) is 3.53. The second kappa shape index (κ2) is 4.29. The van der Waals surface area contributed by atoms with E-state index in [2.05, 4.69) is 14.8 Å². The first-order chi connectivity index (χ1) is 6.92. The summed E-state index contributed by atoms with van der Waals surface area (Å²) >= 11 is 5.46. The van der Waals surface area contributed by atoms with Gasteiger partial charge in [0.25, 0.3) is 0 Å². The molecule has 0 atom stereocenters. The Balaban J connectivity index is 2.98. The number of nitrogens with zero attached hydrogens (tertiary/aromatic N) is 3. The Labute approximate surface area is 86.8 Å². The Morgan fingerprint density at radius 2 is 2.07 bits per heavy atom. The smallest absolute Gasteiger partial charge is 0.404 e. The Morgan fingerprint density at radius 1 is 1.40 bits per heavy atom. The molecule has 1 aromatic carbocycles. The second-order valence-corrected chi connectivity index (χ2v) is 2.76. The van der Waals surface area contributed by atoms with Gasteiger partial charge >= 0.3 is 6.36 Å². The van der Waals surface area contributed by atoms with Crippen LogP contribution in [-0.2, 0) is 0 Å². The first-order valence-corrected chi connectivity index (χ1v) is 3.90. The number of hydrogen-bond acceptors (Lipinski definition) is 2. The molecule has 1 aromatic rings. The lowest BCUT2D eigenvalue weighted by atomic mass is 10.3. The number of halogens is 4. The number of benzene rings is 1. The van der Waals surface area contributed by atoms with Crippen LogP contribution < -0.4 is 4.74 Å². The minimum absolute atomic E-state index is 0.108. The van der Waals surface area contributed by atoms with Crippen molar-refractivity contribution in [3.05, 3.63) is 33.7 Å². The molecule has 0 aliphatic rings. The van der Waals surface area contributed by atoms with Gasteiger partial charge in [0, 0.05) is 10.6 Å². The van der Waals surface area contributed by atoms with Crippen LogP contribution in [0.15, 0.2) is 23.3 Å². The van der Waals surface area contributed by atoms with Gasteiger partial charge in [-0.3, -0.25) is 0 Å². The Bertz CT molecular complexity index is 414. The van der Waals surface area contributed by atoms with E-state index in [0.29, 0.717) is 0 Å². The number of rotatable bonds is 2. The van der Waals surface area contributed by atoms with E-state index < -0.39 is 12.1 Å². The summed E-state index contributed by atoms with van der Waals surface area (Å²) < 4.78 is 39.0. The molecule has 0 radical (unpaired) electrons. The zero-order valence-corrected chi connectivity index (χ0v) is 7.75. The van der Waals surface area contributed by atoms with Crippen molar-refractivity contribution in [3.63, 3.8) is 0 Å². The van der Waals surface area contributed by atoms with Gasteiger partial charge in [-0.1, -0.05) is 16.7 Å². The van der Waals surface area contributed by atoms with Gasteiger partial charge in [0.2, 0.25) is 0 Å². The maximum atomic E-state index is 11.8. The van der Waals surface area contributed by atoms with E-state index in [9.17, 15) is 13.2 Å². The Morgan fingerprint density at radius 3 is 2.53 bits per heavy atom. The molecule has 0 saturated heterocycles. The summed E-state index contributed by atoms with van der Waals surface area (Å²) in [5.41, 5.74) is 8.18. The molecule has 0 spiro atoms. The van der Waals surface area contributed by atoms with Crippen molar-refractivity contribution in [2.45, 2.75) is 6.36 Å². The lowest BCUT2D eigenvalue weighted by molar-refractivity contribution is -0.274. The third-order valence-corrected chi connectivity index (χ3v) is 1.60. The molecule has 0 N–H and O–H groups in total. The average molecular weight is 238 g/mol. The van der Waals surface area contributed by atoms with Crippen molar-refractivity contribution >= 4 is 17.3 Å². The summed E-state index contributed by atoms with van der Waals surface area (Å²) in [5, 5.41) is 2.88. The van der Waals surface area contributed by atoms with E-state index in [1.54, 1.807) is 0 Å². The van der Waals surface area contributed by atoms with Gasteiger partial charge in [0.05, 0.1) is 5.02 Å². The van der Waals surface area contributed by atoms with Crippen LogP contribution in [0, 0.1) is 0 Å². The lowest BCUT2D eigenvalue weighted by Gasteiger charge is -2.10. The highest BCUT2D eigenvalue weighted by molar-refractivity contribution is 6.32. The number of ether oxygens (including phenoxy) is 1. The number of alkyl halides is 3. The van der Waals surface area contributed by atoms with Gasteiger partial charge in [-0.05, 0) is 23.7 Å². The molecule has 1 rings (SSSR count). The molecular formula is C7H3ClF3N3O. The zero-order valence-electron chi connectivity index (χ0n) is 6.99. The lowest BCUT2D eigenvalue weighted by Crippen LogP contribution is -2.17. The number of azide groups is 1. The Kier molecular flexibility index (Phi) is 3.28. The van der Waals surface area contributed by atoms with E-state index in [4.69, 9.17) is 17.1 Å². The van der Waals surface area contributed by atoms with Gasteiger partial charge in [-0.25, -0.2) is 0 Å². The molecule has 80 valence electrons. The summed E-state index contributed by atoms with van der Waals surface area (Å²) in [6, 6.07) is 3.20. The van der Waals surface area contributed by atoms with Crippen LogP contribution in [0.25, 0.3) is 10.4 Å². The van der Waals surface area contributed by atoms with Crippen LogP contribution in [0.1, 0.15) is 0 Å². The predicted octanol–water partition coefficient (Wildman–Crippen LogP) is 4.18. The quantitative estimate of drug-likeness (QED) is 0.432. The SMILES string of the molecule is [N-]=[N+]=Nc1ccc(OC(F)(F)F)c(Cl)c1. The second-order valence-electron chi connectivity index (χ2n) is 2.35. The van der Waals surface area contributed by atoms with Crippen molar-refractivity contribution in [2.24, 2.45) is 5.11 Å². The Hall–Kier alpha value is -1.59.